The number of hydrogen-bond acceptors (Lipinski definition) is 6. The van der Waals surface area contributed by atoms with Crippen LogP contribution in [0.1, 0.15) is 38.5 Å². The largest absolute Gasteiger partial charge is 0.444 e. The van der Waals surface area contributed by atoms with Crippen molar-refractivity contribution in [2.45, 2.75) is 58.5 Å². The zero-order valence-electron chi connectivity index (χ0n) is 15.7. The van der Waals surface area contributed by atoms with Gasteiger partial charge in [-0.3, -0.25) is 0 Å². The Bertz CT molecular complexity index is 454. The summed E-state index contributed by atoms with van der Waals surface area (Å²) >= 11 is 1.60. The number of nitrogens with one attached hydrogen (secondary N) is 1. The third kappa shape index (κ3) is 9.79. The number of thiophene rings is 1. The van der Waals surface area contributed by atoms with Crippen LogP contribution in [0.5, 0.6) is 0 Å². The molecule has 0 aliphatic carbocycles. The van der Waals surface area contributed by atoms with Crippen LogP contribution in [-0.4, -0.2) is 51.3 Å². The van der Waals surface area contributed by atoms with Gasteiger partial charge in [-0.05, 0) is 31.2 Å². The minimum absolute atomic E-state index is 0.0221. The molecule has 0 fully saturated rings. The molecule has 1 aromatic heterocycles. The van der Waals surface area contributed by atoms with Crippen LogP contribution in [0.3, 0.4) is 0 Å². The number of hydrogen-bond donors (Lipinski definition) is 1. The molecule has 0 aliphatic rings. The summed E-state index contributed by atoms with van der Waals surface area (Å²) in [6.07, 6.45) is 0.857. The molecule has 0 saturated carbocycles. The smallest absolute Gasteiger partial charge is 0.407 e. The lowest BCUT2D eigenvalue weighted by Crippen LogP contribution is -2.33. The summed E-state index contributed by atoms with van der Waals surface area (Å²) in [4.78, 5) is 13.0. The van der Waals surface area contributed by atoms with Crippen molar-refractivity contribution in [3.8, 4) is 0 Å². The Morgan fingerprint density at radius 3 is 2.48 bits per heavy atom. The van der Waals surface area contributed by atoms with Gasteiger partial charge in [0.15, 0.2) is 0 Å². The van der Waals surface area contributed by atoms with E-state index in [1.807, 2.05) is 38.3 Å². The molecule has 25 heavy (non-hydrogen) atoms. The maximum Gasteiger partial charge on any atom is 0.407 e. The van der Waals surface area contributed by atoms with Crippen LogP contribution in [0, 0.1) is 0 Å². The third-order valence-electron chi connectivity index (χ3n) is 3.66. The molecule has 1 aromatic rings. The molecule has 1 rings (SSSR count). The van der Waals surface area contributed by atoms with Crippen molar-refractivity contribution >= 4 is 17.4 Å². The Labute approximate surface area is 154 Å². The summed E-state index contributed by atoms with van der Waals surface area (Å²) in [7, 11) is 1.65. The molecule has 0 radical (unpaired) electrons. The standard InChI is InChI=1S/C18H31NO5S/c1-5-15(12-22-14(3)11-21-4)23-13-16(6-2)24-18(20)19-10-17-8-7-9-25-17/h7-9,14-16H,5-6,10-13H2,1-4H3,(H,19,20). The van der Waals surface area contributed by atoms with Gasteiger partial charge in [-0.1, -0.05) is 19.9 Å². The van der Waals surface area contributed by atoms with Crippen molar-refractivity contribution in [1.29, 1.82) is 0 Å². The molecule has 144 valence electrons. The van der Waals surface area contributed by atoms with Crippen LogP contribution in [-0.2, 0) is 25.5 Å². The number of rotatable bonds is 13. The molecule has 6 nitrogen and oxygen atoms in total. The molecule has 0 saturated heterocycles. The Kier molecular flexibility index (Phi) is 11.5. The van der Waals surface area contributed by atoms with Gasteiger partial charge >= 0.3 is 6.09 Å². The van der Waals surface area contributed by atoms with E-state index in [4.69, 9.17) is 18.9 Å². The fourth-order valence-electron chi connectivity index (χ4n) is 2.08. The molecule has 3 atom stereocenters. The summed E-state index contributed by atoms with van der Waals surface area (Å²) in [5, 5.41) is 4.74. The van der Waals surface area contributed by atoms with Crippen molar-refractivity contribution in [1.82, 2.24) is 5.32 Å². The average Bonchev–Trinajstić information content (AvgIpc) is 3.12. The van der Waals surface area contributed by atoms with E-state index in [-0.39, 0.29) is 18.3 Å². The maximum absolute atomic E-state index is 11.9. The van der Waals surface area contributed by atoms with E-state index >= 15 is 0 Å². The molecule has 1 heterocycles. The molecule has 0 bridgehead atoms. The summed E-state index contributed by atoms with van der Waals surface area (Å²) in [5.74, 6) is 0. The predicted octanol–water partition coefficient (Wildman–Crippen LogP) is 3.60. The quantitative estimate of drug-likeness (QED) is 0.572. The monoisotopic (exact) mass is 373 g/mol. The van der Waals surface area contributed by atoms with Crippen LogP contribution in [0.25, 0.3) is 0 Å². The molecule has 0 aromatic carbocycles. The van der Waals surface area contributed by atoms with Gasteiger partial charge < -0.3 is 24.3 Å². The average molecular weight is 374 g/mol. The highest BCUT2D eigenvalue weighted by Gasteiger charge is 2.16. The molecular weight excluding hydrogens is 342 g/mol. The van der Waals surface area contributed by atoms with Crippen LogP contribution >= 0.6 is 11.3 Å². The van der Waals surface area contributed by atoms with Gasteiger partial charge in [0.1, 0.15) is 6.10 Å². The van der Waals surface area contributed by atoms with Crippen LogP contribution in [0.2, 0.25) is 0 Å². The first-order chi connectivity index (χ1) is 12.1. The van der Waals surface area contributed by atoms with E-state index in [9.17, 15) is 4.79 Å². The first kappa shape index (κ1) is 21.9. The van der Waals surface area contributed by atoms with Gasteiger partial charge in [-0.2, -0.15) is 0 Å². The second-order valence-electron chi connectivity index (χ2n) is 5.83. The van der Waals surface area contributed by atoms with Crippen molar-refractivity contribution in [2.24, 2.45) is 0 Å². The van der Waals surface area contributed by atoms with Crippen LogP contribution in [0.15, 0.2) is 17.5 Å². The van der Waals surface area contributed by atoms with Crippen LogP contribution in [0.4, 0.5) is 4.79 Å². The third-order valence-corrected chi connectivity index (χ3v) is 4.53. The SMILES string of the molecule is CCC(COC(C)COC)OCC(CC)OC(=O)NCc1cccs1. The van der Waals surface area contributed by atoms with Gasteiger partial charge in [-0.15, -0.1) is 11.3 Å². The summed E-state index contributed by atoms with van der Waals surface area (Å²) in [6, 6.07) is 3.93. The van der Waals surface area contributed by atoms with Crippen molar-refractivity contribution < 1.29 is 23.7 Å². The highest BCUT2D eigenvalue weighted by atomic mass is 32.1. The van der Waals surface area contributed by atoms with Gasteiger partial charge in [-0.25, -0.2) is 4.79 Å². The zero-order chi connectivity index (χ0) is 18.5. The minimum atomic E-state index is -0.415. The van der Waals surface area contributed by atoms with E-state index in [2.05, 4.69) is 5.32 Å². The normalized spacial score (nSPS) is 14.7. The van der Waals surface area contributed by atoms with Crippen molar-refractivity contribution in [2.75, 3.05) is 26.9 Å². The van der Waals surface area contributed by atoms with Gasteiger partial charge in [0.2, 0.25) is 0 Å². The van der Waals surface area contributed by atoms with Crippen LogP contribution < -0.4 is 5.32 Å². The van der Waals surface area contributed by atoms with E-state index < -0.39 is 6.09 Å². The molecule has 0 spiro atoms. The number of alkyl carbamates (subject to hydrolysis) is 1. The summed E-state index contributed by atoms with van der Waals surface area (Å²) < 4.78 is 22.0. The lowest BCUT2D eigenvalue weighted by atomic mass is 10.2. The fraction of sp³-hybridized carbons (Fsp3) is 0.722. The first-order valence-electron chi connectivity index (χ1n) is 8.77. The van der Waals surface area contributed by atoms with E-state index in [1.54, 1.807) is 18.4 Å². The van der Waals surface area contributed by atoms with Crippen molar-refractivity contribution in [3.05, 3.63) is 22.4 Å². The lowest BCUT2D eigenvalue weighted by Gasteiger charge is -2.22. The maximum atomic E-state index is 11.9. The van der Waals surface area contributed by atoms with E-state index in [0.29, 0.717) is 32.8 Å². The Balaban J connectivity index is 2.27. The molecule has 0 aliphatic heterocycles. The zero-order valence-corrected chi connectivity index (χ0v) is 16.5. The number of carbonyl (C=O) groups is 1. The highest BCUT2D eigenvalue weighted by Crippen LogP contribution is 2.09. The second-order valence-corrected chi connectivity index (χ2v) is 6.86. The fourth-order valence-corrected chi connectivity index (χ4v) is 2.73. The molecule has 1 amide bonds. The van der Waals surface area contributed by atoms with E-state index in [1.165, 1.54) is 0 Å². The lowest BCUT2D eigenvalue weighted by molar-refractivity contribution is -0.0771. The van der Waals surface area contributed by atoms with Crippen molar-refractivity contribution in [3.63, 3.8) is 0 Å². The molecule has 3 unspecified atom stereocenters. The second kappa shape index (κ2) is 13.1. The first-order valence-corrected chi connectivity index (χ1v) is 9.65. The Hall–Kier alpha value is -1.15. The number of methoxy groups -OCH3 is 1. The number of ether oxygens (including phenoxy) is 4. The van der Waals surface area contributed by atoms with Gasteiger partial charge in [0.25, 0.3) is 0 Å². The number of amides is 1. The Morgan fingerprint density at radius 2 is 1.88 bits per heavy atom. The summed E-state index contributed by atoms with van der Waals surface area (Å²) in [5.41, 5.74) is 0. The Morgan fingerprint density at radius 1 is 1.16 bits per heavy atom. The predicted molar refractivity (Wildman–Crippen MR) is 99.0 cm³/mol. The topological polar surface area (TPSA) is 66.0 Å². The van der Waals surface area contributed by atoms with Gasteiger partial charge in [0.05, 0.1) is 38.6 Å². The molecule has 7 heteroatoms. The van der Waals surface area contributed by atoms with E-state index in [0.717, 1.165) is 11.3 Å². The summed E-state index contributed by atoms with van der Waals surface area (Å²) in [6.45, 7) is 7.89. The molecule has 1 N–H and O–H groups in total. The minimum Gasteiger partial charge on any atom is -0.444 e. The molecular formula is C18H31NO5S. The van der Waals surface area contributed by atoms with Gasteiger partial charge in [0, 0.05) is 12.0 Å². The number of carbonyl (C=O) groups excluding carboxylic acids is 1. The highest BCUT2D eigenvalue weighted by molar-refractivity contribution is 7.09.